The van der Waals surface area contributed by atoms with E-state index in [4.69, 9.17) is 0 Å². The average molecular weight is 364 g/mol. The smallest absolute Gasteiger partial charge is 0.155 e. The molecule has 6 heteroatoms. The molecule has 0 saturated heterocycles. The highest BCUT2D eigenvalue weighted by molar-refractivity contribution is 5.43. The first-order valence-electron chi connectivity index (χ1n) is 9.62. The molecule has 4 heterocycles. The largest absolute Gasteiger partial charge is 0.221 e. The van der Waals surface area contributed by atoms with Gasteiger partial charge < -0.3 is 0 Å². The maximum Gasteiger partial charge on any atom is 0.155 e. The van der Waals surface area contributed by atoms with Gasteiger partial charge in [-0.1, -0.05) is 33.8 Å². The van der Waals surface area contributed by atoms with Crippen LogP contribution in [0.2, 0.25) is 0 Å². The van der Waals surface area contributed by atoms with Crippen LogP contribution in [0.3, 0.4) is 0 Å². The second-order valence-electron chi connectivity index (χ2n) is 7.12. The number of nitrogens with zero attached hydrogens (tertiary/aromatic N) is 6. The molecule has 0 spiro atoms. The first kappa shape index (κ1) is 19.0. The van der Waals surface area contributed by atoms with Gasteiger partial charge in [0.2, 0.25) is 0 Å². The van der Waals surface area contributed by atoms with Crippen molar-refractivity contribution in [2.75, 3.05) is 0 Å². The van der Waals surface area contributed by atoms with Gasteiger partial charge in [0.15, 0.2) is 11.3 Å². The van der Waals surface area contributed by atoms with Crippen molar-refractivity contribution in [2.24, 2.45) is 0 Å². The predicted molar refractivity (Wildman–Crippen MR) is 108 cm³/mol. The number of aromatic nitrogens is 6. The van der Waals surface area contributed by atoms with Crippen molar-refractivity contribution in [3.05, 3.63) is 59.9 Å². The van der Waals surface area contributed by atoms with Gasteiger partial charge in [0.1, 0.15) is 12.7 Å². The summed E-state index contributed by atoms with van der Waals surface area (Å²) in [6, 6.07) is 6.22. The molecule has 142 valence electrons. The van der Waals surface area contributed by atoms with Crippen molar-refractivity contribution in [2.45, 2.75) is 59.3 Å². The molecule has 4 aromatic rings. The summed E-state index contributed by atoms with van der Waals surface area (Å²) in [5.41, 5.74) is 5.83. The summed E-state index contributed by atoms with van der Waals surface area (Å²) < 4.78 is 3.66. The van der Waals surface area contributed by atoms with Crippen molar-refractivity contribution in [1.29, 1.82) is 0 Å². The molecule has 0 saturated carbocycles. The van der Waals surface area contributed by atoms with Gasteiger partial charge in [-0.25, -0.2) is 19.0 Å². The Labute approximate surface area is 160 Å². The Morgan fingerprint density at radius 1 is 0.852 bits per heavy atom. The highest BCUT2D eigenvalue weighted by atomic mass is 15.3. The third-order valence-electron chi connectivity index (χ3n) is 5.28. The standard InChI is InChI=1S/C11H15N3.C10H13N3/c1-4-8(2)10-6-14-11(5-9(10)3)12-7-13-14;1-3-8(2)9-4-5-10-11-7-12-13(10)6-9/h5-8H,4H2,1-3H3;4-8H,3H2,1-2H3. The Kier molecular flexibility index (Phi) is 5.84. The van der Waals surface area contributed by atoms with E-state index in [1.54, 1.807) is 12.7 Å². The van der Waals surface area contributed by atoms with Crippen molar-refractivity contribution in [3.8, 4) is 0 Å². The van der Waals surface area contributed by atoms with E-state index < -0.39 is 0 Å². The third-order valence-corrected chi connectivity index (χ3v) is 5.28. The molecule has 2 atom stereocenters. The molecule has 0 amide bonds. The Morgan fingerprint density at radius 3 is 2.15 bits per heavy atom. The molecule has 0 aliphatic carbocycles. The predicted octanol–water partition coefficient (Wildman–Crippen LogP) is 4.79. The van der Waals surface area contributed by atoms with E-state index in [-0.39, 0.29) is 0 Å². The van der Waals surface area contributed by atoms with Gasteiger partial charge >= 0.3 is 0 Å². The van der Waals surface area contributed by atoms with Crippen LogP contribution in [0.15, 0.2) is 43.2 Å². The molecule has 2 unspecified atom stereocenters. The molecule has 0 aliphatic rings. The minimum atomic E-state index is 0.587. The Balaban J connectivity index is 0.000000156. The topological polar surface area (TPSA) is 60.4 Å². The first-order valence-corrected chi connectivity index (χ1v) is 9.62. The Morgan fingerprint density at radius 2 is 1.48 bits per heavy atom. The van der Waals surface area contributed by atoms with Crippen LogP contribution >= 0.6 is 0 Å². The molecule has 0 radical (unpaired) electrons. The minimum Gasteiger partial charge on any atom is -0.221 e. The molecule has 6 nitrogen and oxygen atoms in total. The van der Waals surface area contributed by atoms with E-state index in [2.05, 4.69) is 79.3 Å². The number of fused-ring (bicyclic) bond motifs is 2. The Bertz CT molecular complexity index is 1020. The summed E-state index contributed by atoms with van der Waals surface area (Å²) in [5, 5.41) is 8.24. The van der Waals surface area contributed by atoms with E-state index in [0.29, 0.717) is 11.8 Å². The fourth-order valence-corrected chi connectivity index (χ4v) is 3.07. The molecular weight excluding hydrogens is 336 g/mol. The number of rotatable bonds is 4. The molecule has 0 bridgehead atoms. The fourth-order valence-electron chi connectivity index (χ4n) is 3.07. The lowest BCUT2D eigenvalue weighted by Crippen LogP contribution is -1.99. The molecule has 4 rings (SSSR count). The van der Waals surface area contributed by atoms with Crippen LogP contribution in [0, 0.1) is 6.92 Å². The summed E-state index contributed by atoms with van der Waals surface area (Å²) in [4.78, 5) is 8.25. The summed E-state index contributed by atoms with van der Waals surface area (Å²) >= 11 is 0. The summed E-state index contributed by atoms with van der Waals surface area (Å²) in [6.45, 7) is 11.0. The van der Waals surface area contributed by atoms with Crippen molar-refractivity contribution in [3.63, 3.8) is 0 Å². The summed E-state index contributed by atoms with van der Waals surface area (Å²) in [6.07, 6.45) is 9.62. The highest BCUT2D eigenvalue weighted by Crippen LogP contribution is 2.22. The summed E-state index contributed by atoms with van der Waals surface area (Å²) in [7, 11) is 0. The zero-order valence-electron chi connectivity index (χ0n) is 16.8. The van der Waals surface area contributed by atoms with Crippen molar-refractivity contribution in [1.82, 2.24) is 29.2 Å². The van der Waals surface area contributed by atoms with Gasteiger partial charge in [0, 0.05) is 12.4 Å². The number of hydrogen-bond acceptors (Lipinski definition) is 4. The average Bonchev–Trinajstić information content (AvgIpc) is 3.34. The van der Waals surface area contributed by atoms with Gasteiger partial charge in [0.25, 0.3) is 0 Å². The lowest BCUT2D eigenvalue weighted by molar-refractivity contribution is 0.717. The fraction of sp³-hybridized carbons (Fsp3) is 0.429. The number of hydrogen-bond donors (Lipinski definition) is 0. The van der Waals surface area contributed by atoms with Crippen LogP contribution < -0.4 is 0 Å². The lowest BCUT2D eigenvalue weighted by atomic mass is 9.96. The van der Waals surface area contributed by atoms with Gasteiger partial charge in [-0.05, 0) is 60.4 Å². The van der Waals surface area contributed by atoms with Gasteiger partial charge in [-0.2, -0.15) is 10.2 Å². The number of aryl methyl sites for hydroxylation is 1. The van der Waals surface area contributed by atoms with Crippen LogP contribution in [0.4, 0.5) is 0 Å². The van der Waals surface area contributed by atoms with Crippen molar-refractivity contribution < 1.29 is 0 Å². The quantitative estimate of drug-likeness (QED) is 0.522. The molecule has 0 aromatic carbocycles. The molecule has 0 fully saturated rings. The second-order valence-corrected chi connectivity index (χ2v) is 7.12. The SMILES string of the molecule is CCC(C)c1ccc2ncnn2c1.CCC(C)c1cn2ncnc2cc1C. The third kappa shape index (κ3) is 4.15. The Hall–Kier alpha value is -2.76. The lowest BCUT2D eigenvalue weighted by Gasteiger charge is -2.12. The normalized spacial score (nSPS) is 13.4. The van der Waals surface area contributed by atoms with Crippen LogP contribution in [0.5, 0.6) is 0 Å². The van der Waals surface area contributed by atoms with Gasteiger partial charge in [0.05, 0.1) is 0 Å². The van der Waals surface area contributed by atoms with Crippen LogP contribution in [0.1, 0.15) is 69.1 Å². The molecule has 27 heavy (non-hydrogen) atoms. The molecular formula is C21H28N6. The molecule has 0 N–H and O–H groups in total. The first-order chi connectivity index (χ1) is 13.0. The van der Waals surface area contributed by atoms with Gasteiger partial charge in [-0.3, -0.25) is 0 Å². The van der Waals surface area contributed by atoms with E-state index in [1.165, 1.54) is 16.7 Å². The maximum absolute atomic E-state index is 4.16. The zero-order chi connectivity index (χ0) is 19.4. The van der Waals surface area contributed by atoms with E-state index in [9.17, 15) is 0 Å². The molecule has 4 aromatic heterocycles. The number of pyridine rings is 2. The monoisotopic (exact) mass is 364 g/mol. The van der Waals surface area contributed by atoms with Crippen LogP contribution in [0.25, 0.3) is 11.3 Å². The maximum atomic E-state index is 4.16. The van der Waals surface area contributed by atoms with Crippen LogP contribution in [-0.2, 0) is 0 Å². The molecule has 0 aliphatic heterocycles. The van der Waals surface area contributed by atoms with E-state index in [1.807, 2.05) is 15.1 Å². The highest BCUT2D eigenvalue weighted by Gasteiger charge is 2.08. The summed E-state index contributed by atoms with van der Waals surface area (Å²) in [5.74, 6) is 1.18. The van der Waals surface area contributed by atoms with E-state index >= 15 is 0 Å². The zero-order valence-corrected chi connectivity index (χ0v) is 16.8. The second kappa shape index (κ2) is 8.29. The van der Waals surface area contributed by atoms with Crippen molar-refractivity contribution >= 4 is 11.3 Å². The van der Waals surface area contributed by atoms with E-state index in [0.717, 1.165) is 24.1 Å². The van der Waals surface area contributed by atoms with Crippen LogP contribution in [-0.4, -0.2) is 29.2 Å². The minimum absolute atomic E-state index is 0.587. The van der Waals surface area contributed by atoms with Gasteiger partial charge in [-0.15, -0.1) is 0 Å².